The maximum Gasteiger partial charge on any atom is 0.413 e. The molecular weight excluding hydrogens is 306 g/mol. The number of hydrogen-bond acceptors (Lipinski definition) is 1. The molecule has 1 heterocycles. The Hall–Kier alpha value is -2.14. The highest BCUT2D eigenvalue weighted by Gasteiger charge is 2.40. The molecule has 2 aromatic carbocycles. The molecule has 23 heavy (non-hydrogen) atoms. The lowest BCUT2D eigenvalue weighted by Crippen LogP contribution is -2.26. The second-order valence-corrected chi connectivity index (χ2v) is 5.58. The molecule has 1 nitrogen and oxygen atoms in total. The van der Waals surface area contributed by atoms with Crippen LogP contribution in [0, 0.1) is 5.82 Å². The van der Waals surface area contributed by atoms with Gasteiger partial charge in [-0.15, -0.1) is 0 Å². The second kappa shape index (κ2) is 6.16. The lowest BCUT2D eigenvalue weighted by molar-refractivity contribution is -0.0937. The van der Waals surface area contributed by atoms with Gasteiger partial charge in [-0.3, -0.25) is 4.90 Å². The second-order valence-electron chi connectivity index (χ2n) is 5.58. The van der Waals surface area contributed by atoms with Crippen molar-refractivity contribution in [1.82, 2.24) is 4.90 Å². The molecule has 0 aromatic heterocycles. The summed E-state index contributed by atoms with van der Waals surface area (Å²) in [4.78, 5) is 1.74. The first-order valence-corrected chi connectivity index (χ1v) is 7.25. The van der Waals surface area contributed by atoms with E-state index < -0.39 is 23.6 Å². The molecule has 0 bridgehead atoms. The highest BCUT2D eigenvalue weighted by Crippen LogP contribution is 2.38. The molecule has 5 heteroatoms. The minimum absolute atomic E-state index is 0.166. The first-order valence-electron chi connectivity index (χ1n) is 7.25. The predicted molar refractivity (Wildman–Crippen MR) is 80.1 cm³/mol. The molecular formula is C18H15F4N. The van der Waals surface area contributed by atoms with Gasteiger partial charge in [0.05, 0.1) is 6.04 Å². The van der Waals surface area contributed by atoms with Crippen LogP contribution in [-0.2, 0) is 6.54 Å². The van der Waals surface area contributed by atoms with E-state index in [2.05, 4.69) is 0 Å². The van der Waals surface area contributed by atoms with Crippen molar-refractivity contribution in [2.24, 2.45) is 0 Å². The fourth-order valence-electron chi connectivity index (χ4n) is 2.79. The minimum Gasteiger partial charge on any atom is -0.284 e. The number of rotatable bonds is 3. The average Bonchev–Trinajstić information content (AvgIpc) is 2.93. The van der Waals surface area contributed by atoms with Crippen molar-refractivity contribution < 1.29 is 17.6 Å². The first-order chi connectivity index (χ1) is 10.9. The molecule has 0 fully saturated rings. The van der Waals surface area contributed by atoms with Crippen LogP contribution in [0.1, 0.15) is 17.2 Å². The van der Waals surface area contributed by atoms with E-state index >= 15 is 0 Å². The normalized spacial score (nSPS) is 19.0. The van der Waals surface area contributed by atoms with Gasteiger partial charge < -0.3 is 0 Å². The lowest BCUT2D eigenvalue weighted by Gasteiger charge is -2.25. The molecule has 1 atom stereocenters. The number of alkyl halides is 3. The van der Waals surface area contributed by atoms with E-state index in [1.807, 2.05) is 30.3 Å². The average molecular weight is 321 g/mol. The van der Waals surface area contributed by atoms with Gasteiger partial charge in [-0.1, -0.05) is 48.5 Å². The molecule has 0 unspecified atom stereocenters. The fourth-order valence-corrected chi connectivity index (χ4v) is 2.79. The number of halogens is 4. The van der Waals surface area contributed by atoms with Crippen LogP contribution in [0.2, 0.25) is 0 Å². The van der Waals surface area contributed by atoms with E-state index in [0.29, 0.717) is 12.1 Å². The highest BCUT2D eigenvalue weighted by atomic mass is 19.4. The van der Waals surface area contributed by atoms with Crippen molar-refractivity contribution in [3.05, 3.63) is 83.2 Å². The summed E-state index contributed by atoms with van der Waals surface area (Å²) in [5.41, 5.74) is 1.04. The van der Waals surface area contributed by atoms with Gasteiger partial charge in [-0.2, -0.15) is 13.2 Å². The van der Waals surface area contributed by atoms with Gasteiger partial charge in [-0.25, -0.2) is 4.39 Å². The molecule has 120 valence electrons. The Morgan fingerprint density at radius 2 is 1.61 bits per heavy atom. The van der Waals surface area contributed by atoms with Crippen LogP contribution in [0.4, 0.5) is 17.6 Å². The summed E-state index contributed by atoms with van der Waals surface area (Å²) in [6, 6.07) is 14.5. The van der Waals surface area contributed by atoms with Crippen molar-refractivity contribution in [3.8, 4) is 0 Å². The number of hydrogen-bond donors (Lipinski definition) is 0. The Balaban J connectivity index is 1.89. The molecule has 0 N–H and O–H groups in total. The Morgan fingerprint density at radius 1 is 0.957 bits per heavy atom. The van der Waals surface area contributed by atoms with Gasteiger partial charge in [0, 0.05) is 18.7 Å². The van der Waals surface area contributed by atoms with Crippen LogP contribution in [0.3, 0.4) is 0 Å². The molecule has 1 aliphatic heterocycles. The van der Waals surface area contributed by atoms with Crippen molar-refractivity contribution in [1.29, 1.82) is 0 Å². The van der Waals surface area contributed by atoms with E-state index in [-0.39, 0.29) is 6.54 Å². The summed E-state index contributed by atoms with van der Waals surface area (Å²) in [5, 5.41) is 0. The van der Waals surface area contributed by atoms with Gasteiger partial charge in [-0.05, 0) is 23.3 Å². The Kier molecular flexibility index (Phi) is 4.22. The van der Waals surface area contributed by atoms with Gasteiger partial charge in [0.25, 0.3) is 0 Å². The van der Waals surface area contributed by atoms with Crippen LogP contribution < -0.4 is 0 Å². The zero-order valence-corrected chi connectivity index (χ0v) is 12.2. The third-order valence-corrected chi connectivity index (χ3v) is 3.93. The fraction of sp³-hybridized carbons (Fsp3) is 0.222. The van der Waals surface area contributed by atoms with Crippen LogP contribution in [-0.4, -0.2) is 17.6 Å². The van der Waals surface area contributed by atoms with Gasteiger partial charge >= 0.3 is 6.18 Å². The smallest absolute Gasteiger partial charge is 0.284 e. The summed E-state index contributed by atoms with van der Waals surface area (Å²) < 4.78 is 52.3. The van der Waals surface area contributed by atoms with E-state index in [1.165, 1.54) is 30.3 Å². The minimum atomic E-state index is -4.34. The van der Waals surface area contributed by atoms with Crippen molar-refractivity contribution in [2.75, 3.05) is 6.54 Å². The molecule has 0 aliphatic carbocycles. The largest absolute Gasteiger partial charge is 0.413 e. The first kappa shape index (κ1) is 15.7. The van der Waals surface area contributed by atoms with Crippen LogP contribution >= 0.6 is 0 Å². The SMILES string of the molecule is Fc1ccc([C@@H]2C=C(C(F)(F)F)CN2Cc2ccccc2)cc1. The summed E-state index contributed by atoms with van der Waals surface area (Å²) in [6.45, 7) is 0.236. The molecule has 0 saturated carbocycles. The molecule has 0 radical (unpaired) electrons. The number of nitrogens with zero attached hydrogens (tertiary/aromatic N) is 1. The molecule has 2 aromatic rings. The number of benzene rings is 2. The third-order valence-electron chi connectivity index (χ3n) is 3.93. The third kappa shape index (κ3) is 3.62. The van der Waals surface area contributed by atoms with Gasteiger partial charge in [0.2, 0.25) is 0 Å². The molecule has 0 saturated heterocycles. The topological polar surface area (TPSA) is 3.24 Å². The molecule has 3 rings (SSSR count). The van der Waals surface area contributed by atoms with E-state index in [4.69, 9.17) is 0 Å². The molecule has 0 amide bonds. The summed E-state index contributed by atoms with van der Waals surface area (Å²) >= 11 is 0. The van der Waals surface area contributed by atoms with Crippen molar-refractivity contribution >= 4 is 0 Å². The maximum absolute atomic E-state index is 13.1. The van der Waals surface area contributed by atoms with E-state index in [0.717, 1.165) is 5.56 Å². The van der Waals surface area contributed by atoms with Crippen molar-refractivity contribution in [3.63, 3.8) is 0 Å². The summed E-state index contributed by atoms with van der Waals surface area (Å²) in [6.07, 6.45) is -3.11. The lowest BCUT2D eigenvalue weighted by atomic mass is 10.1. The summed E-state index contributed by atoms with van der Waals surface area (Å²) in [5.74, 6) is -0.401. The van der Waals surface area contributed by atoms with Gasteiger partial charge in [0.1, 0.15) is 5.82 Å². The zero-order chi connectivity index (χ0) is 16.4. The van der Waals surface area contributed by atoms with Gasteiger partial charge in [0.15, 0.2) is 0 Å². The Bertz CT molecular complexity index is 689. The summed E-state index contributed by atoms with van der Waals surface area (Å²) in [7, 11) is 0. The van der Waals surface area contributed by atoms with E-state index in [9.17, 15) is 17.6 Å². The molecule has 1 aliphatic rings. The van der Waals surface area contributed by atoms with Crippen LogP contribution in [0.25, 0.3) is 0 Å². The maximum atomic E-state index is 13.1. The quantitative estimate of drug-likeness (QED) is 0.576. The predicted octanol–water partition coefficient (Wildman–Crippen LogP) is 4.87. The standard InChI is InChI=1S/C18H15F4N/c19-16-8-6-14(7-9-16)17-10-15(18(20,21)22)12-23(17)11-13-4-2-1-3-5-13/h1-10,17H,11-12H2/t17-/m0/s1. The zero-order valence-electron chi connectivity index (χ0n) is 12.2. The Labute approximate surface area is 131 Å². The molecule has 0 spiro atoms. The van der Waals surface area contributed by atoms with E-state index in [1.54, 1.807) is 4.90 Å². The highest BCUT2D eigenvalue weighted by molar-refractivity contribution is 5.32. The Morgan fingerprint density at radius 3 is 2.22 bits per heavy atom. The van der Waals surface area contributed by atoms with Crippen LogP contribution in [0.15, 0.2) is 66.2 Å². The van der Waals surface area contributed by atoms with Crippen LogP contribution in [0.5, 0.6) is 0 Å². The van der Waals surface area contributed by atoms with Crippen molar-refractivity contribution in [2.45, 2.75) is 18.8 Å². The monoisotopic (exact) mass is 321 g/mol.